The summed E-state index contributed by atoms with van der Waals surface area (Å²) in [5.41, 5.74) is 1.66. The van der Waals surface area contributed by atoms with Crippen LogP contribution >= 0.6 is 0 Å². The second kappa shape index (κ2) is 8.71. The smallest absolute Gasteiger partial charge is 0.238 e. The second-order valence-electron chi connectivity index (χ2n) is 6.29. The molecule has 1 aromatic heterocycles. The molecule has 1 fully saturated rings. The molecule has 1 atom stereocenters. The molecule has 6 heteroatoms. The molecule has 3 rings (SSSR count). The lowest BCUT2D eigenvalue weighted by atomic mass is 10.1. The van der Waals surface area contributed by atoms with E-state index in [4.69, 9.17) is 0 Å². The molecule has 0 radical (unpaired) electrons. The highest BCUT2D eigenvalue weighted by molar-refractivity contribution is 5.92. The van der Waals surface area contributed by atoms with Crippen molar-refractivity contribution in [1.82, 2.24) is 14.8 Å². The van der Waals surface area contributed by atoms with Gasteiger partial charge >= 0.3 is 0 Å². The third-order valence-electron chi connectivity index (χ3n) is 4.39. The summed E-state index contributed by atoms with van der Waals surface area (Å²) in [5, 5.41) is 13.2. The number of piperazine rings is 1. The number of rotatable bonds is 6. The zero-order chi connectivity index (χ0) is 17.5. The summed E-state index contributed by atoms with van der Waals surface area (Å²) in [5.74, 6) is -0.0224. The Hall–Kier alpha value is -2.28. The summed E-state index contributed by atoms with van der Waals surface area (Å²) >= 11 is 0. The fraction of sp³-hybridized carbons (Fsp3) is 0.368. The molecule has 0 spiro atoms. The van der Waals surface area contributed by atoms with Gasteiger partial charge in [-0.1, -0.05) is 30.3 Å². The van der Waals surface area contributed by atoms with Crippen molar-refractivity contribution in [2.24, 2.45) is 0 Å². The van der Waals surface area contributed by atoms with Crippen LogP contribution in [0.5, 0.6) is 0 Å². The molecule has 1 aliphatic rings. The highest BCUT2D eigenvalue weighted by atomic mass is 16.3. The summed E-state index contributed by atoms with van der Waals surface area (Å²) in [7, 11) is 0. The molecule has 1 aliphatic heterocycles. The highest BCUT2D eigenvalue weighted by Gasteiger charge is 2.21. The molecule has 1 aromatic carbocycles. The molecule has 1 unspecified atom stereocenters. The number of nitrogens with one attached hydrogen (secondary N) is 1. The predicted octanol–water partition coefficient (Wildman–Crippen LogP) is 1.37. The van der Waals surface area contributed by atoms with Crippen LogP contribution < -0.4 is 5.32 Å². The van der Waals surface area contributed by atoms with Crippen LogP contribution in [0.2, 0.25) is 0 Å². The van der Waals surface area contributed by atoms with E-state index in [2.05, 4.69) is 20.1 Å². The quantitative estimate of drug-likeness (QED) is 0.831. The predicted molar refractivity (Wildman–Crippen MR) is 97.1 cm³/mol. The maximum Gasteiger partial charge on any atom is 0.238 e. The van der Waals surface area contributed by atoms with E-state index in [0.717, 1.165) is 37.4 Å². The molecule has 0 saturated carbocycles. The number of carbonyl (C=O) groups is 1. The van der Waals surface area contributed by atoms with Crippen LogP contribution in [-0.4, -0.2) is 65.1 Å². The van der Waals surface area contributed by atoms with Gasteiger partial charge in [0.05, 0.1) is 24.5 Å². The lowest BCUT2D eigenvalue weighted by Gasteiger charge is -2.35. The first-order valence-electron chi connectivity index (χ1n) is 8.58. The van der Waals surface area contributed by atoms with Gasteiger partial charge in [0, 0.05) is 38.9 Å². The van der Waals surface area contributed by atoms with Crippen molar-refractivity contribution in [3.8, 4) is 0 Å². The van der Waals surface area contributed by atoms with Gasteiger partial charge in [0.25, 0.3) is 0 Å². The molecular formula is C19H24N4O2. The van der Waals surface area contributed by atoms with Crippen LogP contribution in [0.25, 0.3) is 0 Å². The number of aliphatic hydroxyl groups is 1. The summed E-state index contributed by atoms with van der Waals surface area (Å²) in [6.45, 7) is 4.35. The minimum absolute atomic E-state index is 0.0224. The van der Waals surface area contributed by atoms with Crippen molar-refractivity contribution in [2.45, 2.75) is 6.10 Å². The summed E-state index contributed by atoms with van der Waals surface area (Å²) in [6.07, 6.45) is 2.85. The van der Waals surface area contributed by atoms with Crippen LogP contribution in [0, 0.1) is 0 Å². The van der Waals surface area contributed by atoms with Gasteiger partial charge < -0.3 is 10.4 Å². The molecule has 1 amide bonds. The van der Waals surface area contributed by atoms with Gasteiger partial charge in [-0.2, -0.15) is 0 Å². The maximum absolute atomic E-state index is 12.1. The van der Waals surface area contributed by atoms with Crippen molar-refractivity contribution in [3.05, 3.63) is 60.4 Å². The molecule has 132 valence electrons. The highest BCUT2D eigenvalue weighted by Crippen LogP contribution is 2.15. The SMILES string of the molecule is O=C(CN1CCN(CC(O)c2ccccc2)CC1)Nc1cccnc1. The Bertz CT molecular complexity index is 658. The first-order chi connectivity index (χ1) is 12.2. The van der Waals surface area contributed by atoms with Gasteiger partial charge in [-0.05, 0) is 17.7 Å². The van der Waals surface area contributed by atoms with Crippen molar-refractivity contribution in [1.29, 1.82) is 0 Å². The van der Waals surface area contributed by atoms with Crippen LogP contribution in [0.1, 0.15) is 11.7 Å². The van der Waals surface area contributed by atoms with Gasteiger partial charge in [0.1, 0.15) is 0 Å². The molecule has 1 saturated heterocycles. The normalized spacial score (nSPS) is 17.2. The van der Waals surface area contributed by atoms with Crippen molar-refractivity contribution in [2.75, 3.05) is 44.6 Å². The van der Waals surface area contributed by atoms with E-state index >= 15 is 0 Å². The number of nitrogens with zero attached hydrogens (tertiary/aromatic N) is 3. The van der Waals surface area contributed by atoms with Crippen LogP contribution in [-0.2, 0) is 4.79 Å². The first kappa shape index (κ1) is 17.5. The lowest BCUT2D eigenvalue weighted by Crippen LogP contribution is -2.49. The molecule has 0 bridgehead atoms. The summed E-state index contributed by atoms with van der Waals surface area (Å²) in [4.78, 5) is 20.5. The van der Waals surface area contributed by atoms with Gasteiger partial charge in [0.15, 0.2) is 0 Å². The fourth-order valence-corrected chi connectivity index (χ4v) is 3.00. The number of anilines is 1. The van der Waals surface area contributed by atoms with E-state index in [0.29, 0.717) is 13.1 Å². The number of pyridine rings is 1. The Balaban J connectivity index is 1.40. The first-order valence-corrected chi connectivity index (χ1v) is 8.58. The number of benzene rings is 1. The molecule has 25 heavy (non-hydrogen) atoms. The molecule has 2 aromatic rings. The van der Waals surface area contributed by atoms with E-state index in [-0.39, 0.29) is 5.91 Å². The van der Waals surface area contributed by atoms with Gasteiger partial charge in [-0.25, -0.2) is 0 Å². The molecule has 2 N–H and O–H groups in total. The zero-order valence-corrected chi connectivity index (χ0v) is 14.2. The number of carbonyl (C=O) groups excluding carboxylic acids is 1. The minimum Gasteiger partial charge on any atom is -0.387 e. The van der Waals surface area contributed by atoms with Crippen LogP contribution in [0.3, 0.4) is 0 Å². The number of hydrogen-bond acceptors (Lipinski definition) is 5. The van der Waals surface area contributed by atoms with E-state index < -0.39 is 6.10 Å². The summed E-state index contributed by atoms with van der Waals surface area (Å²) in [6, 6.07) is 13.4. The zero-order valence-electron chi connectivity index (χ0n) is 14.2. The molecule has 2 heterocycles. The number of β-amino-alcohol motifs (C(OH)–C–C–N with tert-alkyl or cyclic N) is 1. The Morgan fingerprint density at radius 2 is 1.80 bits per heavy atom. The van der Waals surface area contributed by atoms with Gasteiger partial charge in [-0.15, -0.1) is 0 Å². The maximum atomic E-state index is 12.1. The Morgan fingerprint density at radius 1 is 1.08 bits per heavy atom. The number of hydrogen-bond donors (Lipinski definition) is 2. The van der Waals surface area contributed by atoms with Gasteiger partial charge in [-0.3, -0.25) is 19.6 Å². The van der Waals surface area contributed by atoms with E-state index in [1.807, 2.05) is 36.4 Å². The Morgan fingerprint density at radius 3 is 2.48 bits per heavy atom. The third-order valence-corrected chi connectivity index (χ3v) is 4.39. The van der Waals surface area contributed by atoms with Crippen molar-refractivity contribution < 1.29 is 9.90 Å². The average molecular weight is 340 g/mol. The number of aromatic nitrogens is 1. The van der Waals surface area contributed by atoms with E-state index in [1.54, 1.807) is 18.5 Å². The van der Waals surface area contributed by atoms with Crippen molar-refractivity contribution in [3.63, 3.8) is 0 Å². The topological polar surface area (TPSA) is 68.7 Å². The van der Waals surface area contributed by atoms with E-state index in [1.165, 1.54) is 0 Å². The second-order valence-corrected chi connectivity index (χ2v) is 6.29. The van der Waals surface area contributed by atoms with Crippen LogP contribution in [0.4, 0.5) is 5.69 Å². The molecule has 0 aliphatic carbocycles. The van der Waals surface area contributed by atoms with Crippen LogP contribution in [0.15, 0.2) is 54.9 Å². The minimum atomic E-state index is -0.471. The Labute approximate surface area is 148 Å². The van der Waals surface area contributed by atoms with E-state index in [9.17, 15) is 9.90 Å². The molecule has 6 nitrogen and oxygen atoms in total. The Kier molecular flexibility index (Phi) is 6.11. The lowest BCUT2D eigenvalue weighted by molar-refractivity contribution is -0.117. The fourth-order valence-electron chi connectivity index (χ4n) is 3.00. The number of amides is 1. The monoisotopic (exact) mass is 340 g/mol. The summed E-state index contributed by atoms with van der Waals surface area (Å²) < 4.78 is 0. The average Bonchev–Trinajstić information content (AvgIpc) is 2.65. The van der Waals surface area contributed by atoms with Crippen molar-refractivity contribution >= 4 is 11.6 Å². The standard InChI is InChI=1S/C19H24N4O2/c24-18(16-5-2-1-3-6-16)14-22-9-11-23(12-10-22)15-19(25)21-17-7-4-8-20-13-17/h1-8,13,18,24H,9-12,14-15H2,(H,21,25). The largest absolute Gasteiger partial charge is 0.387 e. The number of aliphatic hydroxyl groups excluding tert-OH is 1. The molecular weight excluding hydrogens is 316 g/mol. The third kappa shape index (κ3) is 5.35. The van der Waals surface area contributed by atoms with Gasteiger partial charge in [0.2, 0.25) is 5.91 Å².